The number of rotatable bonds is 8. The third-order valence-electron chi connectivity index (χ3n) is 3.76. The number of hydrogen-bond donors (Lipinski definition) is 0. The van der Waals surface area contributed by atoms with Gasteiger partial charge in [-0.2, -0.15) is 9.29 Å². The molecule has 1 aromatic carbocycles. The fourth-order valence-electron chi connectivity index (χ4n) is 2.25. The first-order valence-electron chi connectivity index (χ1n) is 7.96. The van der Waals surface area contributed by atoms with Crippen LogP contribution in [0.4, 0.5) is 0 Å². The highest BCUT2D eigenvalue weighted by Gasteiger charge is 2.22. The van der Waals surface area contributed by atoms with E-state index in [9.17, 15) is 8.42 Å². The molecule has 0 bridgehead atoms. The number of nitrogens with zero attached hydrogens (tertiary/aromatic N) is 3. The smallest absolute Gasteiger partial charge is 0.264 e. The van der Waals surface area contributed by atoms with E-state index in [0.717, 1.165) is 11.3 Å². The van der Waals surface area contributed by atoms with E-state index in [4.69, 9.17) is 9.26 Å². The van der Waals surface area contributed by atoms with Crippen LogP contribution in [0.3, 0.4) is 0 Å². The molecular weight excluding hydrogens is 374 g/mol. The number of likely N-dealkylation sites (N-methyl/N-ethyl adjacent to an activating group) is 1. The lowest BCUT2D eigenvalue weighted by molar-refractivity contribution is 0.241. The normalized spacial score (nSPS) is 11.8. The van der Waals surface area contributed by atoms with E-state index in [0.29, 0.717) is 22.3 Å². The predicted molar refractivity (Wildman–Crippen MR) is 97.6 cm³/mol. The summed E-state index contributed by atoms with van der Waals surface area (Å²) >= 11 is 1.19. The van der Waals surface area contributed by atoms with E-state index in [-0.39, 0.29) is 13.2 Å². The molecule has 2 heterocycles. The molecule has 0 radical (unpaired) electrons. The maximum absolute atomic E-state index is 12.4. The van der Waals surface area contributed by atoms with Crippen LogP contribution in [0.25, 0.3) is 0 Å². The lowest BCUT2D eigenvalue weighted by atomic mass is 10.2. The van der Waals surface area contributed by atoms with Crippen LogP contribution in [0.15, 0.2) is 50.5 Å². The molecule has 0 spiro atoms. The standard InChI is InChI=1S/C17H19N3O4S2/c1-13-6-3-4-7-14(13)23-12-16-18-15(19-24-16)9-10-20(2)26(21,22)17-8-5-11-25-17/h3-8,11H,9-10,12H2,1-2H3. The summed E-state index contributed by atoms with van der Waals surface area (Å²) in [7, 11) is -1.93. The summed E-state index contributed by atoms with van der Waals surface area (Å²) in [5.41, 5.74) is 1.02. The fourth-order valence-corrected chi connectivity index (χ4v) is 4.62. The van der Waals surface area contributed by atoms with Gasteiger partial charge in [-0.05, 0) is 30.0 Å². The molecule has 0 saturated carbocycles. The van der Waals surface area contributed by atoms with Gasteiger partial charge in [0, 0.05) is 20.0 Å². The Balaban J connectivity index is 1.55. The summed E-state index contributed by atoms with van der Waals surface area (Å²) < 4.78 is 37.2. The highest BCUT2D eigenvalue weighted by molar-refractivity contribution is 7.91. The van der Waals surface area contributed by atoms with Crippen molar-refractivity contribution in [3.8, 4) is 5.75 Å². The topological polar surface area (TPSA) is 85.5 Å². The third kappa shape index (κ3) is 4.29. The van der Waals surface area contributed by atoms with Crippen LogP contribution < -0.4 is 4.74 Å². The lowest BCUT2D eigenvalue weighted by Gasteiger charge is -2.14. The van der Waals surface area contributed by atoms with Gasteiger partial charge in [0.2, 0.25) is 0 Å². The van der Waals surface area contributed by atoms with Crippen molar-refractivity contribution in [2.45, 2.75) is 24.2 Å². The van der Waals surface area contributed by atoms with E-state index in [1.165, 1.54) is 22.7 Å². The molecular formula is C17H19N3O4S2. The van der Waals surface area contributed by atoms with Gasteiger partial charge in [0.05, 0.1) is 0 Å². The second-order valence-corrected chi connectivity index (χ2v) is 8.89. The van der Waals surface area contributed by atoms with Gasteiger partial charge in [0.1, 0.15) is 9.96 Å². The molecule has 0 aliphatic rings. The Morgan fingerprint density at radius 2 is 2.04 bits per heavy atom. The Morgan fingerprint density at radius 1 is 1.23 bits per heavy atom. The summed E-state index contributed by atoms with van der Waals surface area (Å²) in [4.78, 5) is 4.25. The number of aromatic nitrogens is 2. The predicted octanol–water partition coefficient (Wildman–Crippen LogP) is 2.88. The van der Waals surface area contributed by atoms with Crippen LogP contribution in [0.5, 0.6) is 5.75 Å². The quantitative estimate of drug-likeness (QED) is 0.585. The Labute approximate surface area is 156 Å². The van der Waals surface area contributed by atoms with Crippen LogP contribution in [-0.2, 0) is 23.1 Å². The number of ether oxygens (including phenoxy) is 1. The highest BCUT2D eigenvalue weighted by atomic mass is 32.2. The third-order valence-corrected chi connectivity index (χ3v) is 6.99. The van der Waals surface area contributed by atoms with Crippen molar-refractivity contribution in [3.63, 3.8) is 0 Å². The Hall–Kier alpha value is -2.23. The van der Waals surface area contributed by atoms with E-state index in [1.54, 1.807) is 17.5 Å². The molecule has 7 nitrogen and oxygen atoms in total. The number of benzene rings is 1. The van der Waals surface area contributed by atoms with Gasteiger partial charge in [-0.25, -0.2) is 8.42 Å². The van der Waals surface area contributed by atoms with Gasteiger partial charge in [-0.15, -0.1) is 11.3 Å². The molecule has 9 heteroatoms. The molecule has 3 rings (SSSR count). The van der Waals surface area contributed by atoms with Gasteiger partial charge >= 0.3 is 0 Å². The second-order valence-electron chi connectivity index (χ2n) is 5.67. The van der Waals surface area contributed by atoms with E-state index in [1.807, 2.05) is 31.2 Å². The van der Waals surface area contributed by atoms with Crippen molar-refractivity contribution in [2.75, 3.05) is 13.6 Å². The first-order chi connectivity index (χ1) is 12.5. The molecule has 0 aliphatic heterocycles. The van der Waals surface area contributed by atoms with Crippen molar-refractivity contribution in [1.82, 2.24) is 14.4 Å². The number of hydrogen-bond acceptors (Lipinski definition) is 7. The summed E-state index contributed by atoms with van der Waals surface area (Å²) in [6, 6.07) is 11.0. The fraction of sp³-hybridized carbons (Fsp3) is 0.294. The van der Waals surface area contributed by atoms with Gasteiger partial charge in [0.15, 0.2) is 12.4 Å². The minimum Gasteiger partial charge on any atom is -0.483 e. The first kappa shape index (κ1) is 18.6. The molecule has 0 N–H and O–H groups in total. The van der Waals surface area contributed by atoms with Gasteiger partial charge in [0.25, 0.3) is 15.9 Å². The average molecular weight is 393 g/mol. The molecule has 0 atom stereocenters. The number of thiophene rings is 1. The maximum atomic E-state index is 12.4. The molecule has 0 unspecified atom stereocenters. The van der Waals surface area contributed by atoms with E-state index < -0.39 is 10.0 Å². The van der Waals surface area contributed by atoms with Gasteiger partial charge in [-0.3, -0.25) is 0 Å². The Bertz CT molecular complexity index is 952. The highest BCUT2D eigenvalue weighted by Crippen LogP contribution is 2.20. The van der Waals surface area contributed by atoms with Gasteiger partial charge < -0.3 is 9.26 Å². The minimum atomic E-state index is -3.47. The minimum absolute atomic E-state index is 0.168. The molecule has 0 fully saturated rings. The zero-order valence-electron chi connectivity index (χ0n) is 14.5. The van der Waals surface area contributed by atoms with E-state index >= 15 is 0 Å². The molecule has 0 saturated heterocycles. The molecule has 138 valence electrons. The van der Waals surface area contributed by atoms with Crippen LogP contribution in [-0.4, -0.2) is 36.5 Å². The maximum Gasteiger partial charge on any atom is 0.264 e. The van der Waals surface area contributed by atoms with Crippen molar-refractivity contribution in [3.05, 3.63) is 59.1 Å². The largest absolute Gasteiger partial charge is 0.483 e. The van der Waals surface area contributed by atoms with Crippen molar-refractivity contribution in [2.24, 2.45) is 0 Å². The van der Waals surface area contributed by atoms with Crippen molar-refractivity contribution in [1.29, 1.82) is 0 Å². The second kappa shape index (κ2) is 7.98. The van der Waals surface area contributed by atoms with Crippen LogP contribution in [0, 0.1) is 6.92 Å². The summed E-state index contributed by atoms with van der Waals surface area (Å²) in [5.74, 6) is 1.56. The monoisotopic (exact) mass is 393 g/mol. The van der Waals surface area contributed by atoms with Gasteiger partial charge in [-0.1, -0.05) is 29.4 Å². The molecule has 0 amide bonds. The van der Waals surface area contributed by atoms with Crippen LogP contribution in [0.1, 0.15) is 17.3 Å². The molecule has 2 aromatic heterocycles. The summed E-state index contributed by atoms with van der Waals surface area (Å²) in [6.45, 7) is 2.39. The number of sulfonamides is 1. The number of aryl methyl sites for hydroxylation is 1. The average Bonchev–Trinajstić information content (AvgIpc) is 3.31. The zero-order valence-corrected chi connectivity index (χ0v) is 16.1. The van der Waals surface area contributed by atoms with Crippen molar-refractivity contribution >= 4 is 21.4 Å². The molecule has 0 aliphatic carbocycles. The molecule has 26 heavy (non-hydrogen) atoms. The van der Waals surface area contributed by atoms with Crippen LogP contribution in [0.2, 0.25) is 0 Å². The SMILES string of the molecule is Cc1ccccc1OCc1nc(CCN(C)S(=O)(=O)c2cccs2)no1. The van der Waals surface area contributed by atoms with Crippen molar-refractivity contribution < 1.29 is 17.7 Å². The number of para-hydroxylation sites is 1. The van der Waals surface area contributed by atoms with E-state index in [2.05, 4.69) is 10.1 Å². The zero-order chi connectivity index (χ0) is 18.6. The summed E-state index contributed by atoms with van der Waals surface area (Å²) in [5, 5.41) is 5.62. The lowest BCUT2D eigenvalue weighted by Crippen LogP contribution is -2.28. The summed E-state index contributed by atoms with van der Waals surface area (Å²) in [6.07, 6.45) is 0.356. The first-order valence-corrected chi connectivity index (χ1v) is 10.3. The van der Waals surface area contributed by atoms with Crippen LogP contribution >= 0.6 is 11.3 Å². The Morgan fingerprint density at radius 3 is 2.77 bits per heavy atom. The molecule has 3 aromatic rings. The Kier molecular flexibility index (Phi) is 5.70.